The Labute approximate surface area is 96.0 Å². The maximum atomic E-state index is 11.4. The van der Waals surface area contributed by atoms with Crippen molar-refractivity contribution < 1.29 is 9.53 Å². The van der Waals surface area contributed by atoms with Gasteiger partial charge in [-0.25, -0.2) is 0 Å². The van der Waals surface area contributed by atoms with Gasteiger partial charge >= 0.3 is 0 Å². The number of nitrogens with one attached hydrogen (secondary N) is 2. The highest BCUT2D eigenvalue weighted by atomic mass is 16.5. The minimum Gasteiger partial charge on any atom is -0.492 e. The molecule has 0 fully saturated rings. The van der Waals surface area contributed by atoms with E-state index in [0.29, 0.717) is 6.61 Å². The average molecular weight is 222 g/mol. The van der Waals surface area contributed by atoms with Crippen LogP contribution in [0.2, 0.25) is 0 Å². The highest BCUT2D eigenvalue weighted by molar-refractivity contribution is 5.84. The molecule has 4 heteroatoms. The van der Waals surface area contributed by atoms with E-state index in [0.717, 1.165) is 11.4 Å². The molecule has 0 heterocycles. The van der Waals surface area contributed by atoms with Crippen LogP contribution in [-0.4, -0.2) is 25.6 Å². The van der Waals surface area contributed by atoms with E-state index in [1.165, 1.54) is 0 Å². The van der Waals surface area contributed by atoms with Crippen LogP contribution in [-0.2, 0) is 4.79 Å². The van der Waals surface area contributed by atoms with Gasteiger partial charge in [-0.05, 0) is 26.0 Å². The van der Waals surface area contributed by atoms with Gasteiger partial charge in [0.25, 0.3) is 0 Å². The lowest BCUT2D eigenvalue weighted by Gasteiger charge is -2.16. The summed E-state index contributed by atoms with van der Waals surface area (Å²) < 4.78 is 5.46. The highest BCUT2D eigenvalue weighted by Gasteiger charge is 2.12. The van der Waals surface area contributed by atoms with Crippen molar-refractivity contribution >= 4 is 11.6 Å². The Morgan fingerprint density at radius 3 is 2.75 bits per heavy atom. The second-order valence-electron chi connectivity index (χ2n) is 3.41. The summed E-state index contributed by atoms with van der Waals surface area (Å²) in [5, 5.41) is 5.70. The molecule has 0 saturated heterocycles. The third-order valence-electron chi connectivity index (χ3n) is 2.20. The van der Waals surface area contributed by atoms with Crippen molar-refractivity contribution in [3.05, 3.63) is 24.3 Å². The zero-order chi connectivity index (χ0) is 12.0. The van der Waals surface area contributed by atoms with Crippen molar-refractivity contribution in [2.45, 2.75) is 19.9 Å². The first kappa shape index (κ1) is 12.4. The molecule has 88 valence electrons. The quantitative estimate of drug-likeness (QED) is 0.796. The van der Waals surface area contributed by atoms with E-state index in [4.69, 9.17) is 4.74 Å². The third kappa shape index (κ3) is 3.15. The molecule has 0 saturated carbocycles. The van der Waals surface area contributed by atoms with E-state index in [1.54, 1.807) is 7.05 Å². The lowest BCUT2D eigenvalue weighted by atomic mass is 10.2. The van der Waals surface area contributed by atoms with Crippen LogP contribution in [0.3, 0.4) is 0 Å². The first-order chi connectivity index (χ1) is 7.69. The molecule has 0 aliphatic carbocycles. The maximum Gasteiger partial charge on any atom is 0.241 e. The van der Waals surface area contributed by atoms with Gasteiger partial charge in [0, 0.05) is 7.05 Å². The standard InChI is InChI=1S/C12H18N2O2/c1-4-16-11-8-6-5-7-10(11)14-9(2)12(15)13-3/h5-9,14H,4H2,1-3H3,(H,13,15). The van der Waals surface area contributed by atoms with Crippen LogP contribution in [0.4, 0.5) is 5.69 Å². The van der Waals surface area contributed by atoms with Crippen LogP contribution in [0.25, 0.3) is 0 Å². The van der Waals surface area contributed by atoms with E-state index in [-0.39, 0.29) is 11.9 Å². The van der Waals surface area contributed by atoms with Crippen LogP contribution >= 0.6 is 0 Å². The zero-order valence-corrected chi connectivity index (χ0v) is 9.91. The summed E-state index contributed by atoms with van der Waals surface area (Å²) in [5.74, 6) is 0.715. The van der Waals surface area contributed by atoms with Crippen molar-refractivity contribution in [3.63, 3.8) is 0 Å². The van der Waals surface area contributed by atoms with Gasteiger partial charge in [-0.2, -0.15) is 0 Å². The van der Waals surface area contributed by atoms with Crippen LogP contribution < -0.4 is 15.4 Å². The van der Waals surface area contributed by atoms with Gasteiger partial charge in [-0.3, -0.25) is 4.79 Å². The van der Waals surface area contributed by atoms with Gasteiger partial charge in [0.1, 0.15) is 11.8 Å². The molecule has 2 N–H and O–H groups in total. The first-order valence-corrected chi connectivity index (χ1v) is 5.39. The summed E-state index contributed by atoms with van der Waals surface area (Å²) in [6.45, 7) is 4.34. The topological polar surface area (TPSA) is 50.4 Å². The molecule has 0 aliphatic rings. The number of carbonyl (C=O) groups is 1. The fraction of sp³-hybridized carbons (Fsp3) is 0.417. The number of rotatable bonds is 5. The predicted octanol–water partition coefficient (Wildman–Crippen LogP) is 1.63. The number of para-hydroxylation sites is 2. The molecule has 1 unspecified atom stereocenters. The van der Waals surface area contributed by atoms with Gasteiger partial charge in [0.2, 0.25) is 5.91 Å². The van der Waals surface area contributed by atoms with Gasteiger partial charge in [0.05, 0.1) is 12.3 Å². The fourth-order valence-electron chi connectivity index (χ4n) is 1.38. The molecule has 0 radical (unpaired) electrons. The number of ether oxygens (including phenoxy) is 1. The number of likely N-dealkylation sites (N-methyl/N-ethyl adjacent to an activating group) is 1. The smallest absolute Gasteiger partial charge is 0.241 e. The summed E-state index contributed by atoms with van der Waals surface area (Å²) in [6, 6.07) is 7.29. The van der Waals surface area contributed by atoms with Crippen molar-refractivity contribution in [1.82, 2.24) is 5.32 Å². The van der Waals surface area contributed by atoms with Crippen LogP contribution in [0, 0.1) is 0 Å². The zero-order valence-electron chi connectivity index (χ0n) is 9.91. The highest BCUT2D eigenvalue weighted by Crippen LogP contribution is 2.24. The second-order valence-corrected chi connectivity index (χ2v) is 3.41. The number of amides is 1. The molecule has 0 bridgehead atoms. The first-order valence-electron chi connectivity index (χ1n) is 5.39. The molecule has 16 heavy (non-hydrogen) atoms. The SMILES string of the molecule is CCOc1ccccc1NC(C)C(=O)NC. The Balaban J connectivity index is 2.75. The molecule has 0 aliphatic heterocycles. The maximum absolute atomic E-state index is 11.4. The second kappa shape index (κ2) is 6.00. The Kier molecular flexibility index (Phi) is 4.64. The number of hydrogen-bond acceptors (Lipinski definition) is 3. The number of benzene rings is 1. The minimum atomic E-state index is -0.286. The van der Waals surface area contributed by atoms with E-state index in [9.17, 15) is 4.79 Å². The summed E-state index contributed by atoms with van der Waals surface area (Å²) in [5.41, 5.74) is 0.834. The van der Waals surface area contributed by atoms with Crippen molar-refractivity contribution in [2.24, 2.45) is 0 Å². The molecule has 1 amide bonds. The molecule has 1 aromatic rings. The van der Waals surface area contributed by atoms with Gasteiger partial charge in [-0.1, -0.05) is 12.1 Å². The molecule has 1 aromatic carbocycles. The van der Waals surface area contributed by atoms with Gasteiger partial charge in [-0.15, -0.1) is 0 Å². The van der Waals surface area contributed by atoms with E-state index in [2.05, 4.69) is 10.6 Å². The van der Waals surface area contributed by atoms with Gasteiger partial charge < -0.3 is 15.4 Å². The predicted molar refractivity (Wildman–Crippen MR) is 64.8 cm³/mol. The Morgan fingerprint density at radius 2 is 2.12 bits per heavy atom. The molecular formula is C12H18N2O2. The van der Waals surface area contributed by atoms with Crippen LogP contribution in [0.5, 0.6) is 5.75 Å². The Bertz CT molecular complexity index is 353. The summed E-state index contributed by atoms with van der Waals surface area (Å²) in [6.07, 6.45) is 0. The number of anilines is 1. The monoisotopic (exact) mass is 222 g/mol. The lowest BCUT2D eigenvalue weighted by Crippen LogP contribution is -2.35. The number of hydrogen-bond donors (Lipinski definition) is 2. The summed E-state index contributed by atoms with van der Waals surface area (Å²) in [7, 11) is 1.62. The summed E-state index contributed by atoms with van der Waals surface area (Å²) in [4.78, 5) is 11.4. The molecule has 0 aromatic heterocycles. The van der Waals surface area contributed by atoms with Crippen LogP contribution in [0.15, 0.2) is 24.3 Å². The molecular weight excluding hydrogens is 204 g/mol. The van der Waals surface area contributed by atoms with E-state index >= 15 is 0 Å². The Morgan fingerprint density at radius 1 is 1.44 bits per heavy atom. The Hall–Kier alpha value is -1.71. The third-order valence-corrected chi connectivity index (χ3v) is 2.20. The lowest BCUT2D eigenvalue weighted by molar-refractivity contribution is -0.121. The van der Waals surface area contributed by atoms with Gasteiger partial charge in [0.15, 0.2) is 0 Å². The molecule has 4 nitrogen and oxygen atoms in total. The normalized spacial score (nSPS) is 11.7. The van der Waals surface area contributed by atoms with Crippen molar-refractivity contribution in [1.29, 1.82) is 0 Å². The average Bonchev–Trinajstić information content (AvgIpc) is 2.31. The minimum absolute atomic E-state index is 0.0497. The molecule has 1 atom stereocenters. The number of carbonyl (C=O) groups excluding carboxylic acids is 1. The van der Waals surface area contributed by atoms with E-state index in [1.807, 2.05) is 38.1 Å². The van der Waals surface area contributed by atoms with Crippen molar-refractivity contribution in [2.75, 3.05) is 19.0 Å². The summed E-state index contributed by atoms with van der Waals surface area (Å²) >= 11 is 0. The fourth-order valence-corrected chi connectivity index (χ4v) is 1.38. The molecule has 1 rings (SSSR count). The van der Waals surface area contributed by atoms with Crippen molar-refractivity contribution in [3.8, 4) is 5.75 Å². The van der Waals surface area contributed by atoms with E-state index < -0.39 is 0 Å². The van der Waals surface area contributed by atoms with Crippen LogP contribution in [0.1, 0.15) is 13.8 Å². The molecule has 0 spiro atoms. The largest absolute Gasteiger partial charge is 0.492 e.